The van der Waals surface area contributed by atoms with Gasteiger partial charge in [0.1, 0.15) is 29.2 Å². The topological polar surface area (TPSA) is 191 Å². The van der Waals surface area contributed by atoms with Crippen LogP contribution in [0.2, 0.25) is 0 Å². The highest BCUT2D eigenvalue weighted by Crippen LogP contribution is 2.50. The third-order valence-corrected chi connectivity index (χ3v) is 9.61. The molecule has 2 heterocycles. The zero-order valence-corrected chi connectivity index (χ0v) is 24.4. The van der Waals surface area contributed by atoms with Crippen LogP contribution in [0.3, 0.4) is 0 Å². The van der Waals surface area contributed by atoms with E-state index in [9.17, 15) is 33.0 Å². The number of carboxylic acids is 1. The van der Waals surface area contributed by atoms with Crippen LogP contribution in [-0.2, 0) is 24.4 Å². The Morgan fingerprint density at radius 1 is 1.21 bits per heavy atom. The number of carbonyl (C=O) groups is 3. The Hall–Kier alpha value is -2.92. The Balaban J connectivity index is 1.52. The molecule has 0 radical (unpaired) electrons. The number of nitrogens with one attached hydrogen (secondary N) is 3. The van der Waals surface area contributed by atoms with E-state index in [-0.39, 0.29) is 15.8 Å². The third-order valence-electron chi connectivity index (χ3n) is 6.25. The maximum atomic E-state index is 13.4. The average molecular weight is 659 g/mol. The Kier molecular flexibility index (Phi) is 7.88. The number of fused-ring (bicyclic) bond motifs is 1. The van der Waals surface area contributed by atoms with Gasteiger partial charge in [-0.3, -0.25) is 9.59 Å². The first kappa shape index (κ1) is 29.1. The molecule has 39 heavy (non-hydrogen) atoms. The molecule has 0 aromatic heterocycles. The smallest absolute Gasteiger partial charge is 0.327 e. The summed E-state index contributed by atoms with van der Waals surface area (Å²) in [6.45, 7) is 3.47. The number of amides is 2. The third kappa shape index (κ3) is 5.84. The van der Waals surface area contributed by atoms with Gasteiger partial charge in [0.2, 0.25) is 21.8 Å². The second kappa shape index (κ2) is 10.6. The van der Waals surface area contributed by atoms with Gasteiger partial charge in [0, 0.05) is 9.22 Å². The van der Waals surface area contributed by atoms with E-state index < -0.39 is 56.1 Å². The highest BCUT2D eigenvalue weighted by Gasteiger charge is 2.64. The van der Waals surface area contributed by atoms with Gasteiger partial charge in [0.15, 0.2) is 5.11 Å². The number of carbonyl (C=O) groups excluding carboxylic acids is 2. The van der Waals surface area contributed by atoms with Crippen LogP contribution >= 0.6 is 39.9 Å². The molecule has 4 rings (SSSR count). The SMILES string of the molecule is CC1(C)S[C@@H]2[C@H](NC(=O)[C@H](NC(=S)Nc3ccc(S(N)(=O)=O)cc3Br)c3ccc(O)cc3)C(=O)N2[C@H]1C(=O)O. The molecule has 12 nitrogen and oxygen atoms in total. The standard InChI is InChI=1S/C23H24BrN5O7S3/c1-23(2)17(21(33)34)29-19(32)16(20(29)38-23)27-18(31)15(10-3-5-11(30)6-4-10)28-22(37)26-14-8-7-12(9-13(14)24)39(25,35)36/h3-9,15-17,20,30H,1-2H3,(H,27,31)(H,33,34)(H2,25,35,36)(H2,26,28,37)/t15-,16-,17+,20-/m1/s1. The van der Waals surface area contributed by atoms with Crippen molar-refractivity contribution in [2.24, 2.45) is 5.14 Å². The van der Waals surface area contributed by atoms with Crippen LogP contribution in [0.4, 0.5) is 5.69 Å². The van der Waals surface area contributed by atoms with E-state index in [4.69, 9.17) is 17.4 Å². The number of rotatable bonds is 7. The molecule has 4 atom stereocenters. The minimum Gasteiger partial charge on any atom is -0.508 e. The Bertz CT molecular complexity index is 1470. The lowest BCUT2D eigenvalue weighted by atomic mass is 9.95. The number of aromatic hydroxyl groups is 1. The lowest BCUT2D eigenvalue weighted by Gasteiger charge is -2.44. The average Bonchev–Trinajstić information content (AvgIpc) is 3.10. The highest BCUT2D eigenvalue weighted by molar-refractivity contribution is 9.10. The van der Waals surface area contributed by atoms with E-state index in [1.54, 1.807) is 13.8 Å². The van der Waals surface area contributed by atoms with Gasteiger partial charge in [0.25, 0.3) is 0 Å². The van der Waals surface area contributed by atoms with E-state index in [2.05, 4.69) is 31.9 Å². The van der Waals surface area contributed by atoms with Gasteiger partial charge in [-0.2, -0.15) is 0 Å². The van der Waals surface area contributed by atoms with Crippen molar-refractivity contribution in [2.75, 3.05) is 5.32 Å². The summed E-state index contributed by atoms with van der Waals surface area (Å²) in [5, 5.41) is 32.4. The molecular weight excluding hydrogens is 634 g/mol. The summed E-state index contributed by atoms with van der Waals surface area (Å²) >= 11 is 9.95. The lowest BCUT2D eigenvalue weighted by molar-refractivity contribution is -0.161. The van der Waals surface area contributed by atoms with Gasteiger partial charge in [-0.15, -0.1) is 11.8 Å². The molecule has 0 saturated carbocycles. The molecule has 16 heteroatoms. The molecule has 208 valence electrons. The molecule has 0 unspecified atom stereocenters. The van der Waals surface area contributed by atoms with Crippen molar-refractivity contribution in [3.05, 3.63) is 52.5 Å². The number of benzene rings is 2. The van der Waals surface area contributed by atoms with Crippen LogP contribution in [0.1, 0.15) is 25.5 Å². The van der Waals surface area contributed by atoms with E-state index in [0.717, 1.165) is 0 Å². The Morgan fingerprint density at radius 3 is 2.41 bits per heavy atom. The Labute approximate surface area is 241 Å². The van der Waals surface area contributed by atoms with Crippen LogP contribution in [0.25, 0.3) is 0 Å². The van der Waals surface area contributed by atoms with Crippen molar-refractivity contribution in [3.8, 4) is 5.75 Å². The summed E-state index contributed by atoms with van der Waals surface area (Å²) in [5.41, 5.74) is 0.809. The number of aliphatic carboxylic acids is 1. The summed E-state index contributed by atoms with van der Waals surface area (Å²) in [7, 11) is -3.92. The fourth-order valence-corrected chi connectivity index (χ4v) is 7.44. The number of thiocarbonyl (C=S) groups is 1. The molecule has 0 aliphatic carbocycles. The summed E-state index contributed by atoms with van der Waals surface area (Å²) < 4.78 is 22.8. The van der Waals surface area contributed by atoms with Gasteiger partial charge in [0.05, 0.1) is 10.6 Å². The number of anilines is 1. The predicted octanol–water partition coefficient (Wildman–Crippen LogP) is 1.46. The number of nitrogens with zero attached hydrogens (tertiary/aromatic N) is 1. The van der Waals surface area contributed by atoms with Crippen molar-refractivity contribution in [1.82, 2.24) is 15.5 Å². The first-order valence-corrected chi connectivity index (χ1v) is 14.9. The largest absolute Gasteiger partial charge is 0.508 e. The summed E-state index contributed by atoms with van der Waals surface area (Å²) in [5.74, 6) is -2.24. The summed E-state index contributed by atoms with van der Waals surface area (Å²) in [4.78, 5) is 39.3. The van der Waals surface area contributed by atoms with E-state index in [1.165, 1.54) is 59.1 Å². The maximum Gasteiger partial charge on any atom is 0.327 e. The Morgan fingerprint density at radius 2 is 1.85 bits per heavy atom. The fraction of sp³-hybridized carbons (Fsp3) is 0.304. The lowest BCUT2D eigenvalue weighted by Crippen LogP contribution is -2.71. The molecule has 2 aromatic rings. The van der Waals surface area contributed by atoms with Crippen LogP contribution in [0, 0.1) is 0 Å². The zero-order chi connectivity index (χ0) is 28.9. The first-order valence-electron chi connectivity index (χ1n) is 11.3. The molecule has 2 aliphatic rings. The maximum absolute atomic E-state index is 13.4. The van der Waals surface area contributed by atoms with Gasteiger partial charge < -0.3 is 31.1 Å². The van der Waals surface area contributed by atoms with Crippen molar-refractivity contribution < 1.29 is 33.0 Å². The number of thioether (sulfide) groups is 1. The first-order chi connectivity index (χ1) is 18.1. The van der Waals surface area contributed by atoms with E-state index >= 15 is 0 Å². The van der Waals surface area contributed by atoms with Crippen LogP contribution in [0.5, 0.6) is 5.75 Å². The number of carboxylic acid groups (broad SMARTS) is 1. The number of primary sulfonamides is 1. The molecule has 0 bridgehead atoms. The number of phenolic OH excluding ortho intramolecular Hbond substituents is 1. The number of β-lactam (4-membered cyclic amide) rings is 1. The van der Waals surface area contributed by atoms with Crippen molar-refractivity contribution in [1.29, 1.82) is 0 Å². The van der Waals surface area contributed by atoms with E-state index in [1.807, 2.05) is 0 Å². The zero-order valence-electron chi connectivity index (χ0n) is 20.4. The molecular formula is C23H24BrN5O7S3. The van der Waals surface area contributed by atoms with Crippen LogP contribution < -0.4 is 21.1 Å². The number of hydrogen-bond donors (Lipinski definition) is 6. The van der Waals surface area contributed by atoms with Crippen LogP contribution in [0.15, 0.2) is 51.8 Å². The van der Waals surface area contributed by atoms with Crippen LogP contribution in [-0.4, -0.2) is 68.6 Å². The van der Waals surface area contributed by atoms with E-state index in [0.29, 0.717) is 15.7 Å². The predicted molar refractivity (Wildman–Crippen MR) is 151 cm³/mol. The second-order valence-corrected chi connectivity index (χ2v) is 14.0. The number of phenols is 1. The second-order valence-electron chi connectivity index (χ2n) is 9.39. The van der Waals surface area contributed by atoms with Gasteiger partial charge in [-0.05, 0) is 77.9 Å². The number of hydrogen-bond acceptors (Lipinski definition) is 8. The normalized spacial score (nSPS) is 22.3. The van der Waals surface area contributed by atoms with Gasteiger partial charge in [-0.25, -0.2) is 18.4 Å². The van der Waals surface area contributed by atoms with Gasteiger partial charge in [-0.1, -0.05) is 12.1 Å². The summed E-state index contributed by atoms with van der Waals surface area (Å²) in [6.07, 6.45) is 0. The van der Waals surface area contributed by atoms with Crippen molar-refractivity contribution in [2.45, 2.75) is 47.0 Å². The minimum absolute atomic E-state index is 0.00356. The molecule has 2 aliphatic heterocycles. The van der Waals surface area contributed by atoms with Gasteiger partial charge >= 0.3 is 5.97 Å². The molecule has 2 saturated heterocycles. The molecule has 2 amide bonds. The summed E-state index contributed by atoms with van der Waals surface area (Å²) in [6, 6.07) is 6.75. The van der Waals surface area contributed by atoms with Crippen molar-refractivity contribution in [3.63, 3.8) is 0 Å². The fourth-order valence-electron chi connectivity index (χ4n) is 4.41. The molecule has 2 aromatic carbocycles. The van der Waals surface area contributed by atoms with Crippen molar-refractivity contribution >= 4 is 78.5 Å². The molecule has 0 spiro atoms. The number of nitrogens with two attached hydrogens (primary N) is 1. The number of halogens is 1. The monoisotopic (exact) mass is 657 g/mol. The molecule has 2 fully saturated rings. The number of sulfonamides is 1. The quantitative estimate of drug-likeness (QED) is 0.187. The molecule has 7 N–H and O–H groups in total. The highest BCUT2D eigenvalue weighted by atomic mass is 79.9. The minimum atomic E-state index is -3.92.